The van der Waals surface area contributed by atoms with Gasteiger partial charge >= 0.3 is 12.1 Å². The monoisotopic (exact) mass is 432 g/mol. The molecule has 0 unspecified atom stereocenters. The predicted octanol–water partition coefficient (Wildman–Crippen LogP) is 2.85. The predicted molar refractivity (Wildman–Crippen MR) is 118 cm³/mol. The van der Waals surface area contributed by atoms with Gasteiger partial charge in [0.25, 0.3) is 0 Å². The van der Waals surface area contributed by atoms with Crippen molar-refractivity contribution < 1.29 is 24.2 Å². The maximum atomic E-state index is 12.4. The lowest BCUT2D eigenvalue weighted by Crippen LogP contribution is -2.51. The van der Waals surface area contributed by atoms with Crippen LogP contribution in [0.1, 0.15) is 29.9 Å². The van der Waals surface area contributed by atoms with Crippen LogP contribution in [-0.2, 0) is 14.3 Å². The van der Waals surface area contributed by atoms with Crippen LogP contribution in [0.5, 0.6) is 0 Å². The number of nitrogens with one attached hydrogen (secondary N) is 1. The minimum atomic E-state index is -1.11. The van der Waals surface area contributed by atoms with Crippen LogP contribution in [0.2, 0.25) is 0 Å². The fraction of sp³-hybridized carbons (Fsp3) is 0.320. The van der Waals surface area contributed by atoms with E-state index < -0.39 is 18.6 Å². The number of fused-ring (bicyclic) bond motifs is 3. The molecule has 1 saturated carbocycles. The number of carbonyl (C=O) groups excluding carboxylic acids is 2. The van der Waals surface area contributed by atoms with E-state index >= 15 is 0 Å². The zero-order valence-corrected chi connectivity index (χ0v) is 17.5. The highest BCUT2D eigenvalue weighted by Crippen LogP contribution is 2.44. The molecule has 0 atom stereocenters. The quantitative estimate of drug-likeness (QED) is 0.656. The second-order valence-electron chi connectivity index (χ2n) is 8.13. The van der Waals surface area contributed by atoms with E-state index in [0.29, 0.717) is 12.8 Å². The molecule has 2 aromatic rings. The average Bonchev–Trinajstić information content (AvgIpc) is 3.07. The molecule has 2 aromatic carbocycles. The molecular formula is C25H24N2O5. The fourth-order valence-corrected chi connectivity index (χ4v) is 4.49. The van der Waals surface area contributed by atoms with Crippen LogP contribution < -0.4 is 5.32 Å². The number of hydrogen-bond donors (Lipinski definition) is 2. The Morgan fingerprint density at radius 3 is 2.22 bits per heavy atom. The van der Waals surface area contributed by atoms with Gasteiger partial charge in [-0.05, 0) is 35.1 Å². The highest BCUT2D eigenvalue weighted by Gasteiger charge is 2.38. The fourth-order valence-electron chi connectivity index (χ4n) is 4.49. The number of carboxylic acids is 1. The Morgan fingerprint density at radius 1 is 1.06 bits per heavy atom. The van der Waals surface area contributed by atoms with Crippen LogP contribution in [0, 0.1) is 18.3 Å². The van der Waals surface area contributed by atoms with E-state index in [0.717, 1.165) is 27.2 Å². The number of hydrogen-bond acceptors (Lipinski definition) is 4. The average molecular weight is 432 g/mol. The van der Waals surface area contributed by atoms with Gasteiger partial charge < -0.3 is 20.1 Å². The van der Waals surface area contributed by atoms with Crippen molar-refractivity contribution in [1.82, 2.24) is 10.2 Å². The lowest BCUT2D eigenvalue weighted by Gasteiger charge is -2.36. The molecule has 0 aromatic heterocycles. The molecule has 32 heavy (non-hydrogen) atoms. The zero-order chi connectivity index (χ0) is 22.7. The van der Waals surface area contributed by atoms with Crippen molar-refractivity contribution in [3.05, 3.63) is 59.7 Å². The minimum absolute atomic E-state index is 0.0165. The molecule has 164 valence electrons. The summed E-state index contributed by atoms with van der Waals surface area (Å²) in [4.78, 5) is 36.9. The Kier molecular flexibility index (Phi) is 6.13. The van der Waals surface area contributed by atoms with Crippen LogP contribution in [0.25, 0.3) is 11.1 Å². The van der Waals surface area contributed by atoms with Gasteiger partial charge in [-0.2, -0.15) is 0 Å². The van der Waals surface area contributed by atoms with Gasteiger partial charge in [-0.1, -0.05) is 54.5 Å². The number of ether oxygens (including phenoxy) is 1. The minimum Gasteiger partial charge on any atom is -0.480 e. The highest BCUT2D eigenvalue weighted by molar-refractivity contribution is 5.84. The molecule has 0 bridgehead atoms. The molecule has 0 saturated heterocycles. The molecule has 4 rings (SSSR count). The largest absolute Gasteiger partial charge is 0.480 e. The van der Waals surface area contributed by atoms with Gasteiger partial charge in [-0.25, -0.2) is 4.79 Å². The Hall–Kier alpha value is -3.79. The molecule has 0 heterocycles. The van der Waals surface area contributed by atoms with E-state index in [9.17, 15) is 14.4 Å². The Balaban J connectivity index is 1.29. The highest BCUT2D eigenvalue weighted by atomic mass is 16.5. The number of alkyl carbamates (subject to hydrolysis) is 1. The van der Waals surface area contributed by atoms with Crippen LogP contribution >= 0.6 is 0 Å². The second kappa shape index (κ2) is 9.15. The number of carboxylic acid groups (broad SMARTS) is 1. The summed E-state index contributed by atoms with van der Waals surface area (Å²) in [7, 11) is 0. The molecule has 2 aliphatic rings. The summed E-state index contributed by atoms with van der Waals surface area (Å²) >= 11 is 0. The summed E-state index contributed by atoms with van der Waals surface area (Å²) in [5.41, 5.74) is 4.61. The summed E-state index contributed by atoms with van der Waals surface area (Å²) in [6, 6.07) is 16.1. The van der Waals surface area contributed by atoms with Gasteiger partial charge in [0.1, 0.15) is 13.2 Å². The van der Waals surface area contributed by atoms with Crippen molar-refractivity contribution in [2.24, 2.45) is 5.92 Å². The van der Waals surface area contributed by atoms with Crippen LogP contribution in [0.15, 0.2) is 48.5 Å². The zero-order valence-electron chi connectivity index (χ0n) is 17.5. The Bertz CT molecular complexity index is 1040. The van der Waals surface area contributed by atoms with Crippen LogP contribution in [-0.4, -0.2) is 53.7 Å². The first-order valence-electron chi connectivity index (χ1n) is 10.5. The number of terminal acetylenes is 1. The smallest absolute Gasteiger partial charge is 0.407 e. The van der Waals surface area contributed by atoms with Crippen molar-refractivity contribution in [2.75, 3.05) is 19.7 Å². The summed E-state index contributed by atoms with van der Waals surface area (Å²) in [6.07, 6.45) is 5.58. The van der Waals surface area contributed by atoms with E-state index in [-0.39, 0.29) is 36.9 Å². The van der Waals surface area contributed by atoms with E-state index in [1.807, 2.05) is 24.3 Å². The molecule has 2 N–H and O–H groups in total. The van der Waals surface area contributed by atoms with Gasteiger partial charge in [0.2, 0.25) is 5.91 Å². The van der Waals surface area contributed by atoms with Crippen molar-refractivity contribution in [3.8, 4) is 23.5 Å². The summed E-state index contributed by atoms with van der Waals surface area (Å²) in [6.45, 7) is -0.250. The maximum Gasteiger partial charge on any atom is 0.407 e. The molecular weight excluding hydrogens is 408 g/mol. The van der Waals surface area contributed by atoms with Gasteiger partial charge in [0.15, 0.2) is 0 Å². The van der Waals surface area contributed by atoms with E-state index in [4.69, 9.17) is 16.3 Å². The lowest BCUT2D eigenvalue weighted by atomic mass is 9.79. The second-order valence-corrected chi connectivity index (χ2v) is 8.13. The van der Waals surface area contributed by atoms with E-state index in [2.05, 4.69) is 35.5 Å². The van der Waals surface area contributed by atoms with Gasteiger partial charge in [-0.15, -0.1) is 6.42 Å². The first-order chi connectivity index (χ1) is 15.5. The summed E-state index contributed by atoms with van der Waals surface area (Å²) in [5, 5.41) is 11.7. The van der Waals surface area contributed by atoms with Crippen molar-refractivity contribution in [2.45, 2.75) is 24.8 Å². The maximum absolute atomic E-state index is 12.4. The molecule has 0 spiro atoms. The van der Waals surface area contributed by atoms with Crippen LogP contribution in [0.3, 0.4) is 0 Å². The van der Waals surface area contributed by atoms with E-state index in [1.54, 1.807) is 0 Å². The third-order valence-corrected chi connectivity index (χ3v) is 6.07. The number of amides is 2. The number of nitrogens with zero attached hydrogens (tertiary/aromatic N) is 1. The van der Waals surface area contributed by atoms with Crippen molar-refractivity contribution >= 4 is 18.0 Å². The first kappa shape index (κ1) is 21.4. The first-order valence-corrected chi connectivity index (χ1v) is 10.5. The number of benzene rings is 2. The number of aliphatic carboxylic acids is 1. The summed E-state index contributed by atoms with van der Waals surface area (Å²) < 4.78 is 5.53. The third-order valence-electron chi connectivity index (χ3n) is 6.07. The Morgan fingerprint density at radius 2 is 1.66 bits per heavy atom. The van der Waals surface area contributed by atoms with Crippen molar-refractivity contribution in [3.63, 3.8) is 0 Å². The molecule has 1 fully saturated rings. The normalized spacial score (nSPS) is 18.5. The molecule has 0 radical (unpaired) electrons. The number of rotatable bonds is 7. The summed E-state index contributed by atoms with van der Waals surface area (Å²) in [5.74, 6) is 0.543. The Labute approximate surface area is 186 Å². The van der Waals surface area contributed by atoms with Gasteiger partial charge in [-0.3, -0.25) is 9.59 Å². The van der Waals surface area contributed by atoms with E-state index in [1.165, 1.54) is 0 Å². The third kappa shape index (κ3) is 4.30. The van der Waals surface area contributed by atoms with Crippen LogP contribution in [0.4, 0.5) is 4.79 Å². The molecule has 7 heteroatoms. The molecule has 7 nitrogen and oxygen atoms in total. The van der Waals surface area contributed by atoms with Crippen molar-refractivity contribution in [1.29, 1.82) is 0 Å². The topological polar surface area (TPSA) is 95.9 Å². The molecule has 0 aliphatic heterocycles. The number of carbonyl (C=O) groups is 3. The molecule has 2 aliphatic carbocycles. The van der Waals surface area contributed by atoms with Gasteiger partial charge in [0, 0.05) is 17.9 Å². The molecule has 2 amide bonds. The van der Waals surface area contributed by atoms with Gasteiger partial charge in [0.05, 0.1) is 6.54 Å². The standard InChI is InChI=1S/C25H24N2O5/c1-2-11-27(14-23(28)29)24(30)16-12-17(13-16)26-25(31)32-15-22-20-9-5-3-7-18(20)19-8-4-6-10-21(19)22/h1,3-10,16-17,22H,11-15H2,(H,26,31)(H,28,29). The SMILES string of the molecule is C#CCN(CC(=O)O)C(=O)C1CC(NC(=O)OCC2c3ccccc3-c3ccccc32)C1. The lowest BCUT2D eigenvalue weighted by molar-refractivity contribution is -0.147.